The summed E-state index contributed by atoms with van der Waals surface area (Å²) in [5, 5.41) is 12.2. The molecule has 5 nitrogen and oxygen atoms in total. The van der Waals surface area contributed by atoms with Crippen LogP contribution in [0.2, 0.25) is 0 Å². The maximum atomic E-state index is 4.41. The first kappa shape index (κ1) is 14.8. The van der Waals surface area contributed by atoms with Crippen molar-refractivity contribution >= 4 is 0 Å². The molecule has 0 spiro atoms. The number of hydrogen-bond acceptors (Lipinski definition) is 3. The van der Waals surface area contributed by atoms with Gasteiger partial charge in [0.25, 0.3) is 0 Å². The minimum absolute atomic E-state index is 0.396. The molecule has 0 saturated carbocycles. The number of hydrogen-bond donors (Lipinski definition) is 1. The summed E-state index contributed by atoms with van der Waals surface area (Å²) in [4.78, 5) is 0. The predicted molar refractivity (Wildman–Crippen MR) is 80.4 cm³/mol. The Hall–Kier alpha value is -1.62. The van der Waals surface area contributed by atoms with E-state index in [4.69, 9.17) is 0 Å². The van der Waals surface area contributed by atoms with Gasteiger partial charge in [-0.15, -0.1) is 0 Å². The van der Waals surface area contributed by atoms with Crippen molar-refractivity contribution in [2.24, 2.45) is 0 Å². The van der Waals surface area contributed by atoms with E-state index < -0.39 is 0 Å². The van der Waals surface area contributed by atoms with Crippen molar-refractivity contribution in [2.75, 3.05) is 0 Å². The van der Waals surface area contributed by atoms with Gasteiger partial charge < -0.3 is 5.32 Å². The molecule has 2 heterocycles. The maximum absolute atomic E-state index is 4.41. The molecule has 0 radical (unpaired) electrons. The predicted octanol–water partition coefficient (Wildman–Crippen LogP) is 2.92. The van der Waals surface area contributed by atoms with Crippen molar-refractivity contribution in [1.82, 2.24) is 24.9 Å². The third-order valence-electron chi connectivity index (χ3n) is 3.61. The Morgan fingerprint density at radius 2 is 1.55 bits per heavy atom. The maximum Gasteiger partial charge on any atom is 0.0525 e. The molecule has 0 aliphatic heterocycles. The van der Waals surface area contributed by atoms with E-state index in [2.05, 4.69) is 64.7 Å². The summed E-state index contributed by atoms with van der Waals surface area (Å²) in [5.74, 6) is 0. The molecule has 1 atom stereocenters. The Morgan fingerprint density at radius 3 is 2.10 bits per heavy atom. The molecule has 0 saturated heterocycles. The van der Waals surface area contributed by atoms with Crippen LogP contribution in [0.1, 0.15) is 57.6 Å². The van der Waals surface area contributed by atoms with Gasteiger partial charge in [0.1, 0.15) is 0 Å². The molecule has 110 valence electrons. The molecule has 20 heavy (non-hydrogen) atoms. The summed E-state index contributed by atoms with van der Waals surface area (Å²) >= 11 is 0. The molecule has 0 fully saturated rings. The van der Waals surface area contributed by atoms with E-state index in [1.165, 1.54) is 11.4 Å². The van der Waals surface area contributed by atoms with Gasteiger partial charge in [-0.25, -0.2) is 0 Å². The van der Waals surface area contributed by atoms with Crippen LogP contribution < -0.4 is 5.32 Å². The van der Waals surface area contributed by atoms with Crippen LogP contribution in [0.3, 0.4) is 0 Å². The van der Waals surface area contributed by atoms with Crippen molar-refractivity contribution in [3.05, 3.63) is 35.9 Å². The molecule has 1 unspecified atom stereocenters. The van der Waals surface area contributed by atoms with Crippen LogP contribution in [0, 0.1) is 0 Å². The zero-order valence-corrected chi connectivity index (χ0v) is 12.9. The Balaban J connectivity index is 1.93. The Kier molecular flexibility index (Phi) is 4.95. The first-order chi connectivity index (χ1) is 9.63. The number of aromatic nitrogens is 4. The highest BCUT2D eigenvalue weighted by Gasteiger charge is 2.09. The summed E-state index contributed by atoms with van der Waals surface area (Å²) in [6, 6.07) is 4.99. The molecule has 0 amide bonds. The summed E-state index contributed by atoms with van der Waals surface area (Å²) in [5.41, 5.74) is 2.45. The summed E-state index contributed by atoms with van der Waals surface area (Å²) in [6.45, 7) is 10.3. The quantitative estimate of drug-likeness (QED) is 0.845. The highest BCUT2D eigenvalue weighted by Crippen LogP contribution is 2.12. The zero-order valence-electron chi connectivity index (χ0n) is 12.9. The van der Waals surface area contributed by atoms with Crippen LogP contribution in [-0.2, 0) is 13.1 Å². The van der Waals surface area contributed by atoms with Crippen LogP contribution in [-0.4, -0.2) is 19.6 Å². The lowest BCUT2D eigenvalue weighted by Gasteiger charge is -2.15. The van der Waals surface area contributed by atoms with E-state index in [0.29, 0.717) is 12.1 Å². The van der Waals surface area contributed by atoms with Crippen molar-refractivity contribution in [3.8, 4) is 0 Å². The minimum atomic E-state index is 0.396. The Bertz CT molecular complexity index is 526. The van der Waals surface area contributed by atoms with Gasteiger partial charge in [0.2, 0.25) is 0 Å². The third-order valence-corrected chi connectivity index (χ3v) is 3.61. The molecule has 2 aromatic heterocycles. The molecule has 5 heteroatoms. The second kappa shape index (κ2) is 6.70. The van der Waals surface area contributed by atoms with E-state index in [-0.39, 0.29) is 0 Å². The van der Waals surface area contributed by atoms with E-state index in [1.807, 2.05) is 12.4 Å². The van der Waals surface area contributed by atoms with Crippen LogP contribution in [0.15, 0.2) is 24.5 Å². The summed E-state index contributed by atoms with van der Waals surface area (Å²) < 4.78 is 4.16. The summed E-state index contributed by atoms with van der Waals surface area (Å²) in [6.07, 6.45) is 4.83. The smallest absolute Gasteiger partial charge is 0.0525 e. The lowest BCUT2D eigenvalue weighted by Crippen LogP contribution is -2.20. The first-order valence-electron chi connectivity index (χ1n) is 7.39. The largest absolute Gasteiger partial charge is 0.306 e. The van der Waals surface area contributed by atoms with Gasteiger partial charge in [-0.2, -0.15) is 10.2 Å². The fourth-order valence-electron chi connectivity index (χ4n) is 2.32. The lowest BCUT2D eigenvalue weighted by molar-refractivity contribution is 0.447. The second-order valence-electron chi connectivity index (χ2n) is 5.49. The van der Waals surface area contributed by atoms with Crippen LogP contribution in [0.5, 0.6) is 0 Å². The van der Waals surface area contributed by atoms with E-state index in [0.717, 1.165) is 19.5 Å². The SMILES string of the molecule is CCC(C)n1nccc1CNCc1ccnn1C(C)C. The van der Waals surface area contributed by atoms with Crippen LogP contribution in [0.25, 0.3) is 0 Å². The number of nitrogens with one attached hydrogen (secondary N) is 1. The Morgan fingerprint density at radius 1 is 1.00 bits per heavy atom. The van der Waals surface area contributed by atoms with Crippen molar-refractivity contribution in [3.63, 3.8) is 0 Å². The zero-order chi connectivity index (χ0) is 14.5. The molecule has 0 aliphatic rings. The molecule has 2 rings (SSSR count). The highest BCUT2D eigenvalue weighted by atomic mass is 15.3. The van der Waals surface area contributed by atoms with Gasteiger partial charge in [0, 0.05) is 37.6 Å². The van der Waals surface area contributed by atoms with Gasteiger partial charge in [-0.3, -0.25) is 9.36 Å². The third kappa shape index (κ3) is 3.28. The van der Waals surface area contributed by atoms with Gasteiger partial charge in [-0.05, 0) is 39.3 Å². The lowest BCUT2D eigenvalue weighted by atomic mass is 10.2. The fraction of sp³-hybridized carbons (Fsp3) is 0.600. The number of nitrogens with zero attached hydrogens (tertiary/aromatic N) is 4. The first-order valence-corrected chi connectivity index (χ1v) is 7.39. The monoisotopic (exact) mass is 275 g/mol. The average molecular weight is 275 g/mol. The topological polar surface area (TPSA) is 47.7 Å². The van der Waals surface area contributed by atoms with Crippen LogP contribution >= 0.6 is 0 Å². The van der Waals surface area contributed by atoms with Gasteiger partial charge in [0.05, 0.1) is 11.4 Å². The van der Waals surface area contributed by atoms with Crippen molar-refractivity contribution in [1.29, 1.82) is 0 Å². The molecular weight excluding hydrogens is 250 g/mol. The molecular formula is C15H25N5. The molecule has 0 bridgehead atoms. The normalized spacial score (nSPS) is 13.1. The Labute approximate surface area is 121 Å². The highest BCUT2D eigenvalue weighted by molar-refractivity contribution is 5.04. The standard InChI is InChI=1S/C15H25N5/c1-5-13(4)20-15(7-9-18-20)11-16-10-14-6-8-17-19(14)12(2)3/h6-9,12-13,16H,5,10-11H2,1-4H3. The van der Waals surface area contributed by atoms with Crippen LogP contribution in [0.4, 0.5) is 0 Å². The minimum Gasteiger partial charge on any atom is -0.306 e. The van der Waals surface area contributed by atoms with Gasteiger partial charge >= 0.3 is 0 Å². The van der Waals surface area contributed by atoms with E-state index >= 15 is 0 Å². The van der Waals surface area contributed by atoms with Crippen molar-refractivity contribution in [2.45, 2.75) is 59.3 Å². The van der Waals surface area contributed by atoms with E-state index in [9.17, 15) is 0 Å². The molecule has 0 aromatic carbocycles. The molecule has 0 aliphatic carbocycles. The summed E-state index contributed by atoms with van der Waals surface area (Å²) in [7, 11) is 0. The van der Waals surface area contributed by atoms with Gasteiger partial charge in [-0.1, -0.05) is 6.92 Å². The van der Waals surface area contributed by atoms with E-state index in [1.54, 1.807) is 0 Å². The number of rotatable bonds is 7. The molecule has 2 aromatic rings. The second-order valence-corrected chi connectivity index (χ2v) is 5.49. The van der Waals surface area contributed by atoms with Gasteiger partial charge in [0.15, 0.2) is 0 Å². The average Bonchev–Trinajstić information content (AvgIpc) is 3.06. The molecule has 1 N–H and O–H groups in total. The fourth-order valence-corrected chi connectivity index (χ4v) is 2.32. The van der Waals surface area contributed by atoms with Crippen molar-refractivity contribution < 1.29 is 0 Å².